The molecule has 182 valence electrons. The molecule has 0 N–H and O–H groups in total. The molecule has 0 aliphatic carbocycles. The molecular weight excluding hydrogens is 574 g/mol. The van der Waals surface area contributed by atoms with Crippen LogP contribution in [0.15, 0.2) is 121 Å². The first-order chi connectivity index (χ1) is 16.5. The third kappa shape index (κ3) is 7.36. The molecule has 0 saturated heterocycles. The molecule has 1 nitrogen and oxygen atoms in total. The van der Waals surface area contributed by atoms with Crippen molar-refractivity contribution in [3.05, 3.63) is 127 Å². The molecule has 0 aliphatic rings. The Kier molecular flexibility index (Phi) is 10.3. The lowest BCUT2D eigenvalue weighted by Crippen LogP contribution is -3.00. The number of hydrogen-bond acceptors (Lipinski definition) is 1. The van der Waals surface area contributed by atoms with Crippen LogP contribution in [-0.2, 0) is 10.8 Å². The zero-order valence-corrected chi connectivity index (χ0v) is 25.0. The molecule has 0 aliphatic heterocycles. The second-order valence-electron chi connectivity index (χ2n) is 9.98. The predicted octanol–water partition coefficient (Wildman–Crippen LogP) is 3.69. The minimum atomic E-state index is -1.89. The maximum absolute atomic E-state index is 6.57. The fraction of sp³-hybridized carbons (Fsp3) is 0.226. The molecule has 4 heteroatoms. The van der Waals surface area contributed by atoms with Gasteiger partial charge in [-0.2, -0.15) is 0 Å². The number of halogens is 1. The van der Waals surface area contributed by atoms with Gasteiger partial charge in [-0.05, 0) is 68.0 Å². The van der Waals surface area contributed by atoms with Gasteiger partial charge in [-0.25, -0.2) is 0 Å². The first-order valence-electron chi connectivity index (χ1n) is 12.2. The van der Waals surface area contributed by atoms with Crippen molar-refractivity contribution in [2.24, 2.45) is 5.92 Å². The minimum absolute atomic E-state index is 0. The largest absolute Gasteiger partial charge is 1.00 e. The Balaban J connectivity index is 0.00000342. The molecule has 0 fully saturated rings. The summed E-state index contributed by atoms with van der Waals surface area (Å²) in [5.74, 6) is 0.420. The Morgan fingerprint density at radius 2 is 0.971 bits per heavy atom. The zero-order chi connectivity index (χ0) is 23.9. The highest BCUT2D eigenvalue weighted by Gasteiger charge is 2.47. The van der Waals surface area contributed by atoms with Gasteiger partial charge in [0.15, 0.2) is 8.32 Å². The normalized spacial score (nSPS) is 12.5. The molecule has 0 heterocycles. The Bertz CT molecular complexity index is 1040. The summed E-state index contributed by atoms with van der Waals surface area (Å²) in [6.45, 7) is 7.68. The van der Waals surface area contributed by atoms with Gasteiger partial charge in [-0.1, -0.05) is 84.9 Å². The van der Waals surface area contributed by atoms with Gasteiger partial charge in [0.2, 0.25) is 0 Å². The molecule has 0 amide bonds. The summed E-state index contributed by atoms with van der Waals surface area (Å²) >= 11 is 0. The molecule has 4 aromatic carbocycles. The standard InChI is InChI=1S/C31H36OPSi.HI/c1-34(2,3)32-25-28(24-27-16-8-4-9-17-27)26-33(29-18-10-5-11-19-29,30-20-12-6-13-21-30)31-22-14-7-15-23-31;/h4-23,28H,24-26H2,1-3H3;1H/q+1;/p-1/t28-;/m1./s1. The van der Waals surface area contributed by atoms with Crippen LogP contribution in [0, 0.1) is 5.92 Å². The van der Waals surface area contributed by atoms with Gasteiger partial charge in [0.1, 0.15) is 23.2 Å². The van der Waals surface area contributed by atoms with E-state index >= 15 is 0 Å². The first kappa shape index (κ1) is 27.8. The van der Waals surface area contributed by atoms with Crippen molar-refractivity contribution >= 4 is 31.5 Å². The van der Waals surface area contributed by atoms with Crippen LogP contribution in [0.4, 0.5) is 0 Å². The topological polar surface area (TPSA) is 9.23 Å². The fourth-order valence-corrected chi connectivity index (χ4v) is 10.0. The van der Waals surface area contributed by atoms with Crippen LogP contribution in [0.2, 0.25) is 19.6 Å². The van der Waals surface area contributed by atoms with Crippen molar-refractivity contribution in [1.29, 1.82) is 0 Å². The second-order valence-corrected chi connectivity index (χ2v) is 18.0. The third-order valence-electron chi connectivity index (χ3n) is 6.24. The van der Waals surface area contributed by atoms with Crippen LogP contribution in [0.3, 0.4) is 0 Å². The summed E-state index contributed by atoms with van der Waals surface area (Å²) in [6.07, 6.45) is 2.12. The summed E-state index contributed by atoms with van der Waals surface area (Å²) in [5, 5.41) is 4.33. The molecule has 1 atom stereocenters. The van der Waals surface area contributed by atoms with Crippen LogP contribution >= 0.6 is 7.26 Å². The highest BCUT2D eigenvalue weighted by molar-refractivity contribution is 7.95. The van der Waals surface area contributed by atoms with E-state index in [0.29, 0.717) is 5.92 Å². The lowest BCUT2D eigenvalue weighted by Gasteiger charge is -2.32. The van der Waals surface area contributed by atoms with Crippen LogP contribution in [-0.4, -0.2) is 21.1 Å². The molecule has 0 aromatic heterocycles. The summed E-state index contributed by atoms with van der Waals surface area (Å²) in [5.41, 5.74) is 1.39. The second kappa shape index (κ2) is 13.0. The van der Waals surface area contributed by atoms with Crippen LogP contribution in [0.5, 0.6) is 0 Å². The summed E-state index contributed by atoms with van der Waals surface area (Å²) < 4.78 is 6.57. The molecule has 0 saturated carbocycles. The van der Waals surface area contributed by atoms with E-state index in [0.717, 1.165) is 19.2 Å². The van der Waals surface area contributed by atoms with E-state index in [1.54, 1.807) is 0 Å². The molecule has 4 rings (SSSR count). The van der Waals surface area contributed by atoms with E-state index in [1.165, 1.54) is 21.5 Å². The predicted molar refractivity (Wildman–Crippen MR) is 153 cm³/mol. The molecule has 0 spiro atoms. The van der Waals surface area contributed by atoms with E-state index in [-0.39, 0.29) is 24.0 Å². The number of hydrogen-bond donors (Lipinski definition) is 0. The third-order valence-corrected chi connectivity index (χ3v) is 11.9. The van der Waals surface area contributed by atoms with Crippen LogP contribution in [0.1, 0.15) is 5.56 Å². The van der Waals surface area contributed by atoms with Crippen molar-refractivity contribution in [2.45, 2.75) is 26.1 Å². The van der Waals surface area contributed by atoms with Gasteiger partial charge in [0, 0.05) is 12.5 Å². The summed E-state index contributed by atoms with van der Waals surface area (Å²) in [7, 11) is -3.53. The van der Waals surface area contributed by atoms with Gasteiger partial charge < -0.3 is 28.4 Å². The van der Waals surface area contributed by atoms with E-state index in [1.807, 2.05) is 0 Å². The van der Waals surface area contributed by atoms with E-state index in [2.05, 4.69) is 141 Å². The lowest BCUT2D eigenvalue weighted by atomic mass is 10.0. The molecule has 0 bridgehead atoms. The monoisotopic (exact) mass is 610 g/mol. The van der Waals surface area contributed by atoms with Crippen molar-refractivity contribution in [2.75, 3.05) is 12.8 Å². The van der Waals surface area contributed by atoms with Gasteiger partial charge in [0.25, 0.3) is 0 Å². The average molecular weight is 611 g/mol. The number of benzene rings is 4. The van der Waals surface area contributed by atoms with Gasteiger partial charge in [-0.15, -0.1) is 0 Å². The Morgan fingerprint density at radius 1 is 0.600 bits per heavy atom. The molecule has 0 unspecified atom stereocenters. The summed E-state index contributed by atoms with van der Waals surface area (Å²) in [6, 6.07) is 44.5. The maximum Gasteiger partial charge on any atom is 0.183 e. The van der Waals surface area contributed by atoms with Crippen molar-refractivity contribution in [1.82, 2.24) is 0 Å². The quantitative estimate of drug-likeness (QED) is 0.151. The molecule has 4 aromatic rings. The van der Waals surface area contributed by atoms with Crippen molar-refractivity contribution in [3.8, 4) is 0 Å². The highest BCUT2D eigenvalue weighted by Crippen LogP contribution is 2.57. The SMILES string of the molecule is C[Si](C)(C)OC[C@@H](Cc1ccccc1)C[P+](c1ccccc1)(c1ccccc1)c1ccccc1.[I-]. The lowest BCUT2D eigenvalue weighted by molar-refractivity contribution is -0.00000785. The van der Waals surface area contributed by atoms with Gasteiger partial charge >= 0.3 is 0 Å². The highest BCUT2D eigenvalue weighted by atomic mass is 127. The molecular formula is C31H36IOPSi. The van der Waals surface area contributed by atoms with Crippen molar-refractivity contribution in [3.63, 3.8) is 0 Å². The molecule has 35 heavy (non-hydrogen) atoms. The zero-order valence-electron chi connectivity index (χ0n) is 21.0. The smallest absolute Gasteiger partial charge is 0.183 e. The number of rotatable bonds is 10. The maximum atomic E-state index is 6.57. The van der Waals surface area contributed by atoms with E-state index in [9.17, 15) is 0 Å². The average Bonchev–Trinajstić information content (AvgIpc) is 2.87. The van der Waals surface area contributed by atoms with Crippen molar-refractivity contribution < 1.29 is 28.4 Å². The Hall–Kier alpha value is -1.78. The first-order valence-corrected chi connectivity index (χ1v) is 17.6. The Morgan fingerprint density at radius 3 is 1.34 bits per heavy atom. The van der Waals surface area contributed by atoms with Gasteiger partial charge in [0.05, 0.1) is 6.16 Å². The Labute approximate surface area is 230 Å². The summed E-state index contributed by atoms with van der Waals surface area (Å²) in [4.78, 5) is 0. The molecule has 0 radical (unpaired) electrons. The van der Waals surface area contributed by atoms with Crippen LogP contribution in [0.25, 0.3) is 0 Å². The fourth-order valence-electron chi connectivity index (χ4n) is 4.69. The van der Waals surface area contributed by atoms with E-state index < -0.39 is 15.6 Å². The van der Waals surface area contributed by atoms with Gasteiger partial charge in [-0.3, -0.25) is 0 Å². The van der Waals surface area contributed by atoms with Crippen LogP contribution < -0.4 is 39.9 Å². The van der Waals surface area contributed by atoms with E-state index in [4.69, 9.17) is 4.43 Å². The minimum Gasteiger partial charge on any atom is -1.00 e.